The van der Waals surface area contributed by atoms with Crippen molar-refractivity contribution < 1.29 is 9.47 Å². The van der Waals surface area contributed by atoms with E-state index in [2.05, 4.69) is 20.8 Å². The van der Waals surface area contributed by atoms with Crippen molar-refractivity contribution in [2.24, 2.45) is 16.8 Å². The first-order valence-corrected chi connectivity index (χ1v) is 8.61. The van der Waals surface area contributed by atoms with Crippen molar-refractivity contribution in [3.05, 3.63) is 17.7 Å². The maximum absolute atomic E-state index is 6.28. The molecule has 1 fully saturated rings. The molecule has 23 heavy (non-hydrogen) atoms. The van der Waals surface area contributed by atoms with Gasteiger partial charge in [-0.25, -0.2) is 0 Å². The van der Waals surface area contributed by atoms with Gasteiger partial charge >= 0.3 is 0 Å². The molecule has 0 spiro atoms. The number of nitrogens with two attached hydrogens (primary N) is 1. The Morgan fingerprint density at radius 3 is 2.26 bits per heavy atom. The van der Waals surface area contributed by atoms with Crippen LogP contribution < -0.4 is 15.2 Å². The summed E-state index contributed by atoms with van der Waals surface area (Å²) in [7, 11) is 3.27. The molecule has 1 aromatic rings. The predicted molar refractivity (Wildman–Crippen MR) is 96.8 cm³/mol. The molecule has 0 heterocycles. The van der Waals surface area contributed by atoms with Crippen LogP contribution in [-0.4, -0.2) is 26.0 Å². The van der Waals surface area contributed by atoms with Gasteiger partial charge in [-0.05, 0) is 37.2 Å². The van der Waals surface area contributed by atoms with Gasteiger partial charge < -0.3 is 15.2 Å². The number of hydrogen-bond donors (Lipinski definition) is 1. The topological polar surface area (TPSA) is 56.8 Å². The summed E-state index contributed by atoms with van der Waals surface area (Å²) < 4.78 is 10.8. The van der Waals surface area contributed by atoms with E-state index in [0.717, 1.165) is 23.6 Å². The second kappa shape index (κ2) is 7.71. The predicted octanol–water partition coefficient (Wildman–Crippen LogP) is 4.31. The molecule has 1 unspecified atom stereocenters. The van der Waals surface area contributed by atoms with Crippen LogP contribution in [-0.2, 0) is 0 Å². The Kier molecular flexibility index (Phi) is 5.91. The maximum Gasteiger partial charge on any atom is 0.162 e. The third kappa shape index (κ3) is 3.80. The molecule has 4 heteroatoms. The first kappa shape index (κ1) is 17.6. The van der Waals surface area contributed by atoms with E-state index in [-0.39, 0.29) is 0 Å². The Balaban J connectivity index is 2.44. The number of hydrogen-bond acceptors (Lipinski definition) is 4. The molecule has 1 aliphatic rings. The summed E-state index contributed by atoms with van der Waals surface area (Å²) in [6.07, 6.45) is 5.02. The van der Waals surface area contributed by atoms with Gasteiger partial charge in [0.25, 0.3) is 0 Å². The molecule has 2 N–H and O–H groups in total. The van der Waals surface area contributed by atoms with Crippen molar-refractivity contribution in [1.82, 2.24) is 0 Å². The minimum absolute atomic E-state index is 0.310. The quantitative estimate of drug-likeness (QED) is 0.602. The molecule has 128 valence electrons. The van der Waals surface area contributed by atoms with E-state index >= 15 is 0 Å². The van der Waals surface area contributed by atoms with Gasteiger partial charge in [-0.15, -0.1) is 0 Å². The van der Waals surface area contributed by atoms with Gasteiger partial charge in [-0.2, -0.15) is 0 Å². The van der Waals surface area contributed by atoms with Crippen molar-refractivity contribution in [3.63, 3.8) is 0 Å². The van der Waals surface area contributed by atoms with Crippen LogP contribution >= 0.6 is 0 Å². The molecule has 1 atom stereocenters. The largest absolute Gasteiger partial charge is 0.493 e. The lowest BCUT2D eigenvalue weighted by Crippen LogP contribution is -2.27. The van der Waals surface area contributed by atoms with Crippen molar-refractivity contribution in [3.8, 4) is 11.5 Å². The molecular weight excluding hydrogens is 288 g/mol. The third-order valence-electron chi connectivity index (χ3n) is 4.80. The fourth-order valence-electron chi connectivity index (χ4n) is 3.18. The minimum atomic E-state index is 0.310. The van der Waals surface area contributed by atoms with Crippen LogP contribution in [0.15, 0.2) is 17.1 Å². The first-order valence-electron chi connectivity index (χ1n) is 8.61. The Bertz CT molecular complexity index is 563. The highest BCUT2D eigenvalue weighted by Crippen LogP contribution is 2.36. The van der Waals surface area contributed by atoms with Crippen LogP contribution in [0.1, 0.15) is 52.0 Å². The van der Waals surface area contributed by atoms with Crippen molar-refractivity contribution in [2.45, 2.75) is 52.5 Å². The summed E-state index contributed by atoms with van der Waals surface area (Å²) in [5.74, 6) is 2.39. The number of methoxy groups -OCH3 is 2. The van der Waals surface area contributed by atoms with Gasteiger partial charge in [-0.3, -0.25) is 4.99 Å². The van der Waals surface area contributed by atoms with Gasteiger partial charge in [0.1, 0.15) is 0 Å². The fraction of sp³-hybridized carbons (Fsp3) is 0.632. The molecule has 1 aromatic carbocycles. The molecule has 0 saturated heterocycles. The second-order valence-electron chi connectivity index (χ2n) is 6.63. The number of aliphatic imine (C=N–C) groups is 1. The smallest absolute Gasteiger partial charge is 0.162 e. The van der Waals surface area contributed by atoms with E-state index in [1.165, 1.54) is 19.3 Å². The van der Waals surface area contributed by atoms with Crippen molar-refractivity contribution in [1.29, 1.82) is 0 Å². The van der Waals surface area contributed by atoms with Crippen molar-refractivity contribution in [2.75, 3.05) is 20.0 Å². The zero-order chi connectivity index (χ0) is 17.0. The standard InChI is InChI=1S/C19H30N2O2/c1-6-16(13-8-7-9-13)21-19(12(2)3)14-10-17(22-4)18(23-5)11-15(14)20/h10-13,16H,6-9,20H2,1-5H3. The average molecular weight is 318 g/mol. The third-order valence-corrected chi connectivity index (χ3v) is 4.80. The molecule has 2 rings (SSSR count). The van der Waals surface area contributed by atoms with Crippen LogP contribution in [0, 0.1) is 11.8 Å². The second-order valence-corrected chi connectivity index (χ2v) is 6.63. The van der Waals surface area contributed by atoms with E-state index in [4.69, 9.17) is 20.2 Å². The molecule has 4 nitrogen and oxygen atoms in total. The number of anilines is 1. The molecule has 0 aliphatic heterocycles. The molecule has 0 bridgehead atoms. The van der Waals surface area contributed by atoms with Crippen molar-refractivity contribution >= 4 is 11.4 Å². The lowest BCUT2D eigenvalue weighted by Gasteiger charge is -2.32. The van der Waals surface area contributed by atoms with Crippen LogP contribution in [0.4, 0.5) is 5.69 Å². The molecule has 0 radical (unpaired) electrons. The fourth-order valence-corrected chi connectivity index (χ4v) is 3.18. The zero-order valence-electron chi connectivity index (χ0n) is 15.1. The highest BCUT2D eigenvalue weighted by Gasteiger charge is 2.27. The minimum Gasteiger partial charge on any atom is -0.493 e. The maximum atomic E-state index is 6.28. The summed E-state index contributed by atoms with van der Waals surface area (Å²) in [6, 6.07) is 4.19. The number of nitrogen functional groups attached to an aromatic ring is 1. The normalized spacial score (nSPS) is 17.0. The Morgan fingerprint density at radius 1 is 1.22 bits per heavy atom. The number of benzene rings is 1. The van der Waals surface area contributed by atoms with E-state index in [1.54, 1.807) is 14.2 Å². The van der Waals surface area contributed by atoms with Gasteiger partial charge in [0.2, 0.25) is 0 Å². The highest BCUT2D eigenvalue weighted by molar-refractivity contribution is 6.06. The number of rotatable bonds is 7. The lowest BCUT2D eigenvalue weighted by atomic mass is 9.79. The summed E-state index contributed by atoms with van der Waals surface area (Å²) in [6.45, 7) is 6.56. The van der Waals surface area contributed by atoms with Crippen LogP contribution in [0.2, 0.25) is 0 Å². The Morgan fingerprint density at radius 2 is 1.83 bits per heavy atom. The molecule has 1 aliphatic carbocycles. The summed E-state index contributed by atoms with van der Waals surface area (Å²) in [5.41, 5.74) is 9.02. The Hall–Kier alpha value is -1.71. The first-order chi connectivity index (χ1) is 11.0. The lowest BCUT2D eigenvalue weighted by molar-refractivity contribution is 0.258. The Labute approximate surface area is 140 Å². The number of nitrogens with zero attached hydrogens (tertiary/aromatic N) is 1. The van der Waals surface area contributed by atoms with Gasteiger partial charge in [0, 0.05) is 23.0 Å². The zero-order valence-corrected chi connectivity index (χ0v) is 15.1. The molecule has 1 saturated carbocycles. The van der Waals surface area contributed by atoms with E-state index in [9.17, 15) is 0 Å². The van der Waals surface area contributed by atoms with E-state index < -0.39 is 0 Å². The van der Waals surface area contributed by atoms with E-state index in [0.29, 0.717) is 29.1 Å². The highest BCUT2D eigenvalue weighted by atomic mass is 16.5. The summed E-state index contributed by atoms with van der Waals surface area (Å²) in [5, 5.41) is 0. The SMILES string of the molecule is CCC(N=C(c1cc(OC)c(OC)cc1N)C(C)C)C1CCC1. The summed E-state index contributed by atoms with van der Waals surface area (Å²) in [4.78, 5) is 5.12. The van der Waals surface area contributed by atoms with Crippen LogP contribution in [0.25, 0.3) is 0 Å². The van der Waals surface area contributed by atoms with Gasteiger partial charge in [0.05, 0.1) is 20.3 Å². The van der Waals surface area contributed by atoms with E-state index in [1.807, 2.05) is 12.1 Å². The van der Waals surface area contributed by atoms with Crippen LogP contribution in [0.5, 0.6) is 11.5 Å². The van der Waals surface area contributed by atoms with Gasteiger partial charge in [0.15, 0.2) is 11.5 Å². The van der Waals surface area contributed by atoms with Crippen LogP contribution in [0.3, 0.4) is 0 Å². The average Bonchev–Trinajstić information content (AvgIpc) is 2.49. The van der Waals surface area contributed by atoms with Gasteiger partial charge in [-0.1, -0.05) is 27.2 Å². The molecular formula is C19H30N2O2. The monoisotopic (exact) mass is 318 g/mol. The molecule has 0 amide bonds. The number of ether oxygens (including phenoxy) is 2. The summed E-state index contributed by atoms with van der Waals surface area (Å²) >= 11 is 0. The molecule has 0 aromatic heterocycles.